The van der Waals surface area contributed by atoms with Crippen LogP contribution in [0.2, 0.25) is 0 Å². The third-order valence-corrected chi connectivity index (χ3v) is 2.99. The van der Waals surface area contributed by atoms with Crippen molar-refractivity contribution in [1.82, 2.24) is 0 Å². The van der Waals surface area contributed by atoms with Crippen LogP contribution in [0.25, 0.3) is 0 Å². The minimum Gasteiger partial charge on any atom is -0.493 e. The average Bonchev–Trinajstić information content (AvgIpc) is 2.38. The van der Waals surface area contributed by atoms with E-state index in [0.29, 0.717) is 11.5 Å². The number of methoxy groups -OCH3 is 1. The highest BCUT2D eigenvalue weighted by Crippen LogP contribution is 2.31. The maximum atomic E-state index is 11.0. The molecule has 19 heavy (non-hydrogen) atoms. The fourth-order valence-corrected chi connectivity index (χ4v) is 1.93. The van der Waals surface area contributed by atoms with Crippen molar-refractivity contribution in [2.75, 3.05) is 7.11 Å². The van der Waals surface area contributed by atoms with Crippen LogP contribution < -0.4 is 15.2 Å². The van der Waals surface area contributed by atoms with Gasteiger partial charge in [0.1, 0.15) is 0 Å². The lowest BCUT2D eigenvalue weighted by molar-refractivity contribution is -0.132. The summed E-state index contributed by atoms with van der Waals surface area (Å²) in [7, 11) is 1.55. The van der Waals surface area contributed by atoms with Crippen LogP contribution in [0, 0.1) is 0 Å². The first-order valence-electron chi connectivity index (χ1n) is 6.70. The molecule has 1 atom stereocenters. The molecule has 0 amide bonds. The van der Waals surface area contributed by atoms with Gasteiger partial charge < -0.3 is 15.2 Å². The van der Waals surface area contributed by atoms with Gasteiger partial charge in [-0.15, -0.1) is 0 Å². The first-order valence-corrected chi connectivity index (χ1v) is 6.70. The number of unbranched alkanes of at least 4 members (excludes halogenated alkanes) is 2. The van der Waals surface area contributed by atoms with E-state index in [9.17, 15) is 4.79 Å². The minimum atomic E-state index is -0.363. The lowest BCUT2D eigenvalue weighted by Gasteiger charge is -2.15. The topological polar surface area (TPSA) is 61.5 Å². The zero-order chi connectivity index (χ0) is 14.3. The Morgan fingerprint density at radius 2 is 2.05 bits per heavy atom. The molecule has 0 unspecified atom stereocenters. The Morgan fingerprint density at radius 3 is 2.63 bits per heavy atom. The third kappa shape index (κ3) is 4.91. The van der Waals surface area contributed by atoms with E-state index in [2.05, 4.69) is 6.92 Å². The summed E-state index contributed by atoms with van der Waals surface area (Å²) >= 11 is 0. The number of nitrogens with two attached hydrogens (primary N) is 1. The lowest BCUT2D eigenvalue weighted by Crippen LogP contribution is -2.11. The van der Waals surface area contributed by atoms with E-state index in [0.717, 1.165) is 18.4 Å². The monoisotopic (exact) mass is 265 g/mol. The fourth-order valence-electron chi connectivity index (χ4n) is 1.93. The van der Waals surface area contributed by atoms with Gasteiger partial charge in [0.15, 0.2) is 11.5 Å². The Bertz CT molecular complexity index is 418. The van der Waals surface area contributed by atoms with Crippen LogP contribution in [-0.2, 0) is 4.79 Å². The Balaban J connectivity index is 2.77. The second kappa shape index (κ2) is 7.79. The first kappa shape index (κ1) is 15.5. The summed E-state index contributed by atoms with van der Waals surface area (Å²) in [5, 5.41) is 0. The minimum absolute atomic E-state index is 0.00757. The van der Waals surface area contributed by atoms with E-state index < -0.39 is 0 Å². The maximum absolute atomic E-state index is 11.0. The van der Waals surface area contributed by atoms with Crippen LogP contribution in [-0.4, -0.2) is 13.1 Å². The molecule has 4 nitrogen and oxygen atoms in total. The zero-order valence-electron chi connectivity index (χ0n) is 11.9. The van der Waals surface area contributed by atoms with Crippen molar-refractivity contribution in [2.45, 2.75) is 45.6 Å². The highest BCUT2D eigenvalue weighted by Gasteiger charge is 2.12. The van der Waals surface area contributed by atoms with Gasteiger partial charge in [-0.25, -0.2) is 0 Å². The molecule has 0 saturated heterocycles. The van der Waals surface area contributed by atoms with Crippen molar-refractivity contribution < 1.29 is 14.3 Å². The van der Waals surface area contributed by atoms with E-state index in [-0.39, 0.29) is 12.0 Å². The summed E-state index contributed by atoms with van der Waals surface area (Å²) in [6.45, 7) is 3.53. The molecule has 0 aliphatic rings. The van der Waals surface area contributed by atoms with Crippen LogP contribution in [0.15, 0.2) is 18.2 Å². The number of hydrogen-bond acceptors (Lipinski definition) is 4. The van der Waals surface area contributed by atoms with Crippen molar-refractivity contribution >= 4 is 5.97 Å². The number of rotatable bonds is 7. The van der Waals surface area contributed by atoms with Crippen molar-refractivity contribution in [2.24, 2.45) is 5.73 Å². The second-order valence-electron chi connectivity index (χ2n) is 4.61. The van der Waals surface area contributed by atoms with Crippen molar-refractivity contribution in [3.05, 3.63) is 23.8 Å². The molecule has 0 radical (unpaired) electrons. The van der Waals surface area contributed by atoms with Gasteiger partial charge in [0.2, 0.25) is 0 Å². The molecule has 1 rings (SSSR count). The predicted molar refractivity (Wildman–Crippen MR) is 75.4 cm³/mol. The number of carbonyl (C=O) groups is 1. The summed E-state index contributed by atoms with van der Waals surface area (Å²) < 4.78 is 10.3. The standard InChI is InChI=1S/C15H23NO3/c1-4-5-6-7-13(16)12-8-9-14(19-11(2)17)15(10-12)18-3/h8-10,13H,4-7,16H2,1-3H3/t13-/m0/s1. The highest BCUT2D eigenvalue weighted by atomic mass is 16.6. The molecule has 0 aromatic heterocycles. The fraction of sp³-hybridized carbons (Fsp3) is 0.533. The second-order valence-corrected chi connectivity index (χ2v) is 4.61. The van der Waals surface area contributed by atoms with Gasteiger partial charge in [-0.3, -0.25) is 4.79 Å². The van der Waals surface area contributed by atoms with Gasteiger partial charge in [0.25, 0.3) is 0 Å². The molecule has 0 aliphatic heterocycles. The van der Waals surface area contributed by atoms with Crippen LogP contribution in [0.3, 0.4) is 0 Å². The van der Waals surface area contributed by atoms with Gasteiger partial charge in [0.05, 0.1) is 7.11 Å². The molecule has 0 saturated carbocycles. The van der Waals surface area contributed by atoms with E-state index in [1.165, 1.54) is 19.8 Å². The molecule has 1 aromatic carbocycles. The van der Waals surface area contributed by atoms with Crippen LogP contribution in [0.5, 0.6) is 11.5 Å². The van der Waals surface area contributed by atoms with Crippen molar-refractivity contribution in [3.63, 3.8) is 0 Å². The average molecular weight is 265 g/mol. The predicted octanol–water partition coefficient (Wildman–Crippen LogP) is 3.20. The van der Waals surface area contributed by atoms with Crippen LogP contribution in [0.4, 0.5) is 0 Å². The van der Waals surface area contributed by atoms with Gasteiger partial charge in [-0.05, 0) is 24.1 Å². The summed E-state index contributed by atoms with van der Waals surface area (Å²) in [4.78, 5) is 11.0. The van der Waals surface area contributed by atoms with Crippen molar-refractivity contribution in [1.29, 1.82) is 0 Å². The third-order valence-electron chi connectivity index (χ3n) is 2.99. The van der Waals surface area contributed by atoms with Crippen LogP contribution in [0.1, 0.15) is 51.1 Å². The Kier molecular flexibility index (Phi) is 6.36. The van der Waals surface area contributed by atoms with E-state index in [4.69, 9.17) is 15.2 Å². The molecule has 4 heteroatoms. The quantitative estimate of drug-likeness (QED) is 0.467. The molecule has 1 aromatic rings. The molecule has 0 spiro atoms. The maximum Gasteiger partial charge on any atom is 0.308 e. The number of esters is 1. The van der Waals surface area contributed by atoms with Crippen LogP contribution >= 0.6 is 0 Å². The number of hydrogen-bond donors (Lipinski definition) is 1. The molecular formula is C15H23NO3. The smallest absolute Gasteiger partial charge is 0.308 e. The Hall–Kier alpha value is -1.55. The lowest BCUT2D eigenvalue weighted by atomic mass is 10.0. The molecule has 0 heterocycles. The molecular weight excluding hydrogens is 242 g/mol. The molecule has 0 bridgehead atoms. The van der Waals surface area contributed by atoms with Gasteiger partial charge in [0, 0.05) is 13.0 Å². The van der Waals surface area contributed by atoms with E-state index in [1.807, 2.05) is 12.1 Å². The summed E-state index contributed by atoms with van der Waals surface area (Å²) in [5.41, 5.74) is 7.15. The highest BCUT2D eigenvalue weighted by molar-refractivity contribution is 5.70. The Labute approximate surface area is 114 Å². The molecule has 0 aliphatic carbocycles. The summed E-state index contributed by atoms with van der Waals surface area (Å²) in [6.07, 6.45) is 4.44. The number of carbonyl (C=O) groups excluding carboxylic acids is 1. The summed E-state index contributed by atoms with van der Waals surface area (Å²) in [5.74, 6) is 0.608. The molecule has 0 fully saturated rings. The molecule has 2 N–H and O–H groups in total. The number of ether oxygens (including phenoxy) is 2. The van der Waals surface area contributed by atoms with Gasteiger partial charge >= 0.3 is 5.97 Å². The Morgan fingerprint density at radius 1 is 1.32 bits per heavy atom. The SMILES string of the molecule is CCCCC[C@H](N)c1ccc(OC(C)=O)c(OC)c1. The normalized spacial score (nSPS) is 12.0. The molecule has 106 valence electrons. The van der Waals surface area contributed by atoms with E-state index >= 15 is 0 Å². The van der Waals surface area contributed by atoms with Gasteiger partial charge in [-0.2, -0.15) is 0 Å². The van der Waals surface area contributed by atoms with Gasteiger partial charge in [-0.1, -0.05) is 32.3 Å². The number of benzene rings is 1. The zero-order valence-corrected chi connectivity index (χ0v) is 11.9. The largest absolute Gasteiger partial charge is 0.493 e. The van der Waals surface area contributed by atoms with Crippen molar-refractivity contribution in [3.8, 4) is 11.5 Å². The first-order chi connectivity index (χ1) is 9.08. The van der Waals surface area contributed by atoms with E-state index in [1.54, 1.807) is 13.2 Å². The summed E-state index contributed by atoms with van der Waals surface area (Å²) in [6, 6.07) is 5.45.